The van der Waals surface area contributed by atoms with E-state index in [4.69, 9.17) is 11.6 Å². The molecular formula is C17H18ClNOS. The fourth-order valence-corrected chi connectivity index (χ4v) is 2.88. The van der Waals surface area contributed by atoms with Crippen molar-refractivity contribution in [2.45, 2.75) is 12.7 Å². The molecule has 0 spiro atoms. The fraction of sp³-hybridized carbons (Fsp3) is 0.235. The maximum Gasteiger partial charge on any atom is 0.251 e. The van der Waals surface area contributed by atoms with E-state index in [2.05, 4.69) is 5.32 Å². The Morgan fingerprint density at radius 2 is 1.86 bits per heavy atom. The summed E-state index contributed by atoms with van der Waals surface area (Å²) in [5.74, 6) is 1.82. The second-order valence-corrected chi connectivity index (χ2v) is 6.29. The number of hydrogen-bond donors (Lipinski definition) is 1. The van der Waals surface area contributed by atoms with Crippen LogP contribution in [0.4, 0.5) is 0 Å². The van der Waals surface area contributed by atoms with Gasteiger partial charge in [-0.25, -0.2) is 0 Å². The first-order valence-electron chi connectivity index (χ1n) is 6.83. The Morgan fingerprint density at radius 1 is 1.14 bits per heavy atom. The van der Waals surface area contributed by atoms with Gasteiger partial charge in [0.2, 0.25) is 0 Å². The molecule has 1 N–H and O–H groups in total. The number of aryl methyl sites for hydroxylation is 1. The molecule has 0 aliphatic carbocycles. The van der Waals surface area contributed by atoms with Crippen molar-refractivity contribution in [3.8, 4) is 0 Å². The van der Waals surface area contributed by atoms with Gasteiger partial charge in [-0.1, -0.05) is 41.9 Å². The monoisotopic (exact) mass is 319 g/mol. The summed E-state index contributed by atoms with van der Waals surface area (Å²) in [6.45, 7) is 2.62. The third kappa shape index (κ3) is 5.10. The number of halogens is 1. The Kier molecular flexibility index (Phi) is 6.15. The van der Waals surface area contributed by atoms with Crippen LogP contribution in [0.2, 0.25) is 5.02 Å². The average molecular weight is 320 g/mol. The summed E-state index contributed by atoms with van der Waals surface area (Å²) in [4.78, 5) is 12.0. The van der Waals surface area contributed by atoms with Crippen molar-refractivity contribution in [3.05, 3.63) is 70.2 Å². The number of rotatable bonds is 6. The molecular weight excluding hydrogens is 302 g/mol. The standard InChI is InChI=1S/C17H18ClNOS/c1-13-4-2-3-5-16(13)17(20)19-10-11-21-12-14-6-8-15(18)9-7-14/h2-9H,10-12H2,1H3,(H,19,20). The number of nitrogens with one attached hydrogen (secondary N) is 1. The molecule has 0 fully saturated rings. The minimum atomic E-state index is 0.000179. The van der Waals surface area contributed by atoms with Crippen LogP contribution in [0.5, 0.6) is 0 Å². The summed E-state index contributed by atoms with van der Waals surface area (Å²) in [5, 5.41) is 3.71. The van der Waals surface area contributed by atoms with Crippen LogP contribution in [0.3, 0.4) is 0 Å². The van der Waals surface area contributed by atoms with Gasteiger partial charge in [0.05, 0.1) is 0 Å². The number of carbonyl (C=O) groups excluding carboxylic acids is 1. The highest BCUT2D eigenvalue weighted by Gasteiger charge is 2.06. The Balaban J connectivity index is 1.69. The van der Waals surface area contributed by atoms with Gasteiger partial charge in [-0.15, -0.1) is 0 Å². The molecule has 0 aliphatic heterocycles. The Bertz CT molecular complexity index is 598. The van der Waals surface area contributed by atoms with Crippen molar-refractivity contribution in [3.63, 3.8) is 0 Å². The van der Waals surface area contributed by atoms with Crippen molar-refractivity contribution in [1.29, 1.82) is 0 Å². The summed E-state index contributed by atoms with van der Waals surface area (Å²) in [6, 6.07) is 15.5. The molecule has 2 nitrogen and oxygen atoms in total. The summed E-state index contributed by atoms with van der Waals surface area (Å²) >= 11 is 7.64. The quantitative estimate of drug-likeness (QED) is 0.804. The highest BCUT2D eigenvalue weighted by Crippen LogP contribution is 2.15. The van der Waals surface area contributed by atoms with E-state index in [1.165, 1.54) is 5.56 Å². The lowest BCUT2D eigenvalue weighted by atomic mass is 10.1. The van der Waals surface area contributed by atoms with Crippen molar-refractivity contribution < 1.29 is 4.79 Å². The molecule has 2 aromatic rings. The fourth-order valence-electron chi connectivity index (χ4n) is 1.93. The van der Waals surface area contributed by atoms with Crippen LogP contribution in [0.25, 0.3) is 0 Å². The SMILES string of the molecule is Cc1ccccc1C(=O)NCCSCc1ccc(Cl)cc1. The molecule has 0 saturated carbocycles. The lowest BCUT2D eigenvalue weighted by Gasteiger charge is -2.07. The van der Waals surface area contributed by atoms with Gasteiger partial charge in [0.15, 0.2) is 0 Å². The first-order chi connectivity index (χ1) is 10.2. The van der Waals surface area contributed by atoms with Gasteiger partial charge in [0.1, 0.15) is 0 Å². The Morgan fingerprint density at radius 3 is 2.57 bits per heavy atom. The largest absolute Gasteiger partial charge is 0.351 e. The van der Waals surface area contributed by atoms with Crippen LogP contribution in [-0.2, 0) is 5.75 Å². The van der Waals surface area contributed by atoms with Crippen molar-refractivity contribution in [2.24, 2.45) is 0 Å². The smallest absolute Gasteiger partial charge is 0.251 e. The number of benzene rings is 2. The molecule has 1 amide bonds. The van der Waals surface area contributed by atoms with E-state index in [0.29, 0.717) is 6.54 Å². The van der Waals surface area contributed by atoms with E-state index in [1.807, 2.05) is 55.5 Å². The minimum absolute atomic E-state index is 0.000179. The summed E-state index contributed by atoms with van der Waals surface area (Å²) in [7, 11) is 0. The van der Waals surface area contributed by atoms with Gasteiger partial charge in [-0.05, 0) is 36.2 Å². The summed E-state index contributed by atoms with van der Waals surface area (Å²) < 4.78 is 0. The number of thioether (sulfide) groups is 1. The van der Waals surface area contributed by atoms with Gasteiger partial charge in [0.25, 0.3) is 5.91 Å². The second-order valence-electron chi connectivity index (χ2n) is 4.75. The van der Waals surface area contributed by atoms with Crippen LogP contribution in [-0.4, -0.2) is 18.2 Å². The topological polar surface area (TPSA) is 29.1 Å². The van der Waals surface area contributed by atoms with Crippen molar-refractivity contribution in [1.82, 2.24) is 5.32 Å². The molecule has 0 heterocycles. The third-order valence-corrected chi connectivity index (χ3v) is 4.39. The van der Waals surface area contributed by atoms with Crippen LogP contribution in [0, 0.1) is 6.92 Å². The number of hydrogen-bond acceptors (Lipinski definition) is 2. The van der Waals surface area contributed by atoms with Gasteiger partial charge in [0, 0.05) is 28.6 Å². The molecule has 0 bridgehead atoms. The van der Waals surface area contributed by atoms with Crippen LogP contribution < -0.4 is 5.32 Å². The predicted octanol–water partition coefficient (Wildman–Crippen LogP) is 4.31. The molecule has 4 heteroatoms. The Hall–Kier alpha value is -1.45. The van der Waals surface area contributed by atoms with E-state index in [1.54, 1.807) is 11.8 Å². The van der Waals surface area contributed by atoms with Crippen molar-refractivity contribution in [2.75, 3.05) is 12.3 Å². The molecule has 0 unspecified atom stereocenters. The Labute approximate surface area is 134 Å². The van der Waals surface area contributed by atoms with Crippen LogP contribution in [0.15, 0.2) is 48.5 Å². The summed E-state index contributed by atoms with van der Waals surface area (Å²) in [5.41, 5.74) is 3.00. The number of amides is 1. The normalized spacial score (nSPS) is 10.4. The maximum absolute atomic E-state index is 12.0. The first-order valence-corrected chi connectivity index (χ1v) is 8.36. The van der Waals surface area contributed by atoms with E-state index < -0.39 is 0 Å². The van der Waals surface area contributed by atoms with Crippen LogP contribution >= 0.6 is 23.4 Å². The highest BCUT2D eigenvalue weighted by atomic mass is 35.5. The third-order valence-electron chi connectivity index (χ3n) is 3.10. The van der Waals surface area contributed by atoms with E-state index in [-0.39, 0.29) is 5.91 Å². The lowest BCUT2D eigenvalue weighted by Crippen LogP contribution is -2.26. The van der Waals surface area contributed by atoms with Gasteiger partial charge >= 0.3 is 0 Å². The molecule has 21 heavy (non-hydrogen) atoms. The molecule has 2 rings (SSSR count). The van der Waals surface area contributed by atoms with Crippen LogP contribution in [0.1, 0.15) is 21.5 Å². The molecule has 2 aromatic carbocycles. The predicted molar refractivity (Wildman–Crippen MR) is 91.1 cm³/mol. The molecule has 0 radical (unpaired) electrons. The average Bonchev–Trinajstić information content (AvgIpc) is 2.49. The zero-order valence-corrected chi connectivity index (χ0v) is 13.5. The van der Waals surface area contributed by atoms with Gasteiger partial charge in [-0.3, -0.25) is 4.79 Å². The first kappa shape index (κ1) is 15.9. The maximum atomic E-state index is 12.0. The molecule has 0 saturated heterocycles. The minimum Gasteiger partial charge on any atom is -0.351 e. The highest BCUT2D eigenvalue weighted by molar-refractivity contribution is 7.98. The molecule has 0 atom stereocenters. The zero-order valence-electron chi connectivity index (χ0n) is 11.9. The lowest BCUT2D eigenvalue weighted by molar-refractivity contribution is 0.0955. The van der Waals surface area contributed by atoms with Gasteiger partial charge < -0.3 is 5.32 Å². The van der Waals surface area contributed by atoms with Crippen molar-refractivity contribution >= 4 is 29.3 Å². The van der Waals surface area contributed by atoms with E-state index >= 15 is 0 Å². The zero-order chi connectivity index (χ0) is 15.1. The van der Waals surface area contributed by atoms with E-state index in [0.717, 1.165) is 27.7 Å². The molecule has 0 aromatic heterocycles. The second kappa shape index (κ2) is 8.11. The molecule has 0 aliphatic rings. The van der Waals surface area contributed by atoms with Gasteiger partial charge in [-0.2, -0.15) is 11.8 Å². The molecule has 110 valence electrons. The van der Waals surface area contributed by atoms with E-state index in [9.17, 15) is 4.79 Å². The number of carbonyl (C=O) groups is 1. The summed E-state index contributed by atoms with van der Waals surface area (Å²) in [6.07, 6.45) is 0.